The average Bonchev–Trinajstić information content (AvgIpc) is 2.59. The van der Waals surface area contributed by atoms with Crippen molar-refractivity contribution in [2.45, 2.75) is 38.7 Å². The molecule has 0 bridgehead atoms. The van der Waals surface area contributed by atoms with E-state index in [1.54, 1.807) is 0 Å². The van der Waals surface area contributed by atoms with E-state index >= 15 is 0 Å². The first-order valence-corrected chi connectivity index (χ1v) is 8.74. The highest BCUT2D eigenvalue weighted by Gasteiger charge is 2.29. The standard InChI is InChI=1S/C21H27NO/c1-16(2)21-14-18(19-10-6-7-11-20(19)23-21)15-22-13-12-17-8-4-3-5-9-17/h3-11,16,18,21-22H,12-15H2,1-2H3. The predicted octanol–water partition coefficient (Wildman–Crippen LogP) is 4.41. The molecule has 1 N–H and O–H groups in total. The van der Waals surface area contributed by atoms with Crippen molar-refractivity contribution in [3.63, 3.8) is 0 Å². The molecule has 0 saturated carbocycles. The molecule has 1 aliphatic heterocycles. The van der Waals surface area contributed by atoms with Gasteiger partial charge in [0.25, 0.3) is 0 Å². The van der Waals surface area contributed by atoms with E-state index in [-0.39, 0.29) is 0 Å². The predicted molar refractivity (Wildman–Crippen MR) is 96.1 cm³/mol. The molecule has 2 heteroatoms. The van der Waals surface area contributed by atoms with Crippen molar-refractivity contribution >= 4 is 0 Å². The maximum Gasteiger partial charge on any atom is 0.123 e. The maximum absolute atomic E-state index is 6.17. The van der Waals surface area contributed by atoms with Crippen molar-refractivity contribution in [3.05, 3.63) is 65.7 Å². The van der Waals surface area contributed by atoms with Gasteiger partial charge in [-0.15, -0.1) is 0 Å². The third-order valence-corrected chi connectivity index (χ3v) is 4.72. The molecule has 0 aliphatic carbocycles. The second-order valence-electron chi connectivity index (χ2n) is 6.81. The van der Waals surface area contributed by atoms with Crippen LogP contribution in [0.4, 0.5) is 0 Å². The summed E-state index contributed by atoms with van der Waals surface area (Å²) in [6.07, 6.45) is 2.51. The average molecular weight is 309 g/mol. The lowest BCUT2D eigenvalue weighted by atomic mass is 9.86. The molecule has 2 aromatic carbocycles. The number of hydrogen-bond donors (Lipinski definition) is 1. The van der Waals surface area contributed by atoms with E-state index in [1.807, 2.05) is 0 Å². The molecule has 0 aromatic heterocycles. The van der Waals surface area contributed by atoms with Gasteiger partial charge in [0.2, 0.25) is 0 Å². The van der Waals surface area contributed by atoms with Crippen molar-refractivity contribution in [1.29, 1.82) is 0 Å². The summed E-state index contributed by atoms with van der Waals surface area (Å²) in [6.45, 7) is 6.54. The molecule has 0 amide bonds. The minimum atomic E-state index is 0.325. The molecule has 23 heavy (non-hydrogen) atoms. The van der Waals surface area contributed by atoms with E-state index in [0.717, 1.165) is 31.7 Å². The van der Waals surface area contributed by atoms with Crippen LogP contribution in [0.2, 0.25) is 0 Å². The molecule has 1 aliphatic rings. The Morgan fingerprint density at radius 2 is 1.78 bits per heavy atom. The molecule has 0 saturated heterocycles. The van der Waals surface area contributed by atoms with Crippen molar-refractivity contribution in [2.24, 2.45) is 5.92 Å². The number of para-hydroxylation sites is 1. The summed E-state index contributed by atoms with van der Waals surface area (Å²) in [7, 11) is 0. The molecule has 2 atom stereocenters. The zero-order valence-electron chi connectivity index (χ0n) is 14.2. The van der Waals surface area contributed by atoms with Gasteiger partial charge < -0.3 is 10.1 Å². The van der Waals surface area contributed by atoms with Crippen molar-refractivity contribution in [1.82, 2.24) is 5.32 Å². The van der Waals surface area contributed by atoms with E-state index in [1.165, 1.54) is 11.1 Å². The Kier molecular flexibility index (Phi) is 5.35. The van der Waals surface area contributed by atoms with Crippen LogP contribution in [-0.4, -0.2) is 19.2 Å². The second kappa shape index (κ2) is 7.65. The van der Waals surface area contributed by atoms with Crippen LogP contribution in [0, 0.1) is 5.92 Å². The fourth-order valence-electron chi connectivity index (χ4n) is 3.30. The van der Waals surface area contributed by atoms with Crippen LogP contribution in [-0.2, 0) is 6.42 Å². The Hall–Kier alpha value is -1.80. The highest BCUT2D eigenvalue weighted by molar-refractivity contribution is 5.38. The quantitative estimate of drug-likeness (QED) is 0.798. The molecule has 1 heterocycles. The first kappa shape index (κ1) is 16.1. The minimum Gasteiger partial charge on any atom is -0.490 e. The number of ether oxygens (including phenoxy) is 1. The van der Waals surface area contributed by atoms with Gasteiger partial charge in [-0.25, -0.2) is 0 Å². The van der Waals surface area contributed by atoms with Gasteiger partial charge in [0.05, 0.1) is 0 Å². The largest absolute Gasteiger partial charge is 0.490 e. The zero-order chi connectivity index (χ0) is 16.1. The Morgan fingerprint density at radius 3 is 2.57 bits per heavy atom. The SMILES string of the molecule is CC(C)C1CC(CNCCc2ccccc2)c2ccccc2O1. The summed E-state index contributed by atoms with van der Waals surface area (Å²) in [5, 5.41) is 3.65. The van der Waals surface area contributed by atoms with Crippen LogP contribution in [0.1, 0.15) is 37.3 Å². The number of hydrogen-bond acceptors (Lipinski definition) is 2. The Bertz CT molecular complexity index is 608. The lowest BCUT2D eigenvalue weighted by Gasteiger charge is -2.34. The molecule has 3 rings (SSSR count). The fraction of sp³-hybridized carbons (Fsp3) is 0.429. The van der Waals surface area contributed by atoms with Gasteiger partial charge in [-0.3, -0.25) is 0 Å². The molecule has 2 unspecified atom stereocenters. The van der Waals surface area contributed by atoms with Crippen molar-refractivity contribution in [3.8, 4) is 5.75 Å². The summed E-state index contributed by atoms with van der Waals surface area (Å²) in [5.41, 5.74) is 2.75. The number of rotatable bonds is 6. The van der Waals surface area contributed by atoms with E-state index in [0.29, 0.717) is 17.9 Å². The normalized spacial score (nSPS) is 20.1. The van der Waals surface area contributed by atoms with Crippen molar-refractivity contribution in [2.75, 3.05) is 13.1 Å². The first-order valence-electron chi connectivity index (χ1n) is 8.74. The van der Waals surface area contributed by atoms with Crippen LogP contribution in [0.15, 0.2) is 54.6 Å². The minimum absolute atomic E-state index is 0.325. The summed E-state index contributed by atoms with van der Waals surface area (Å²) in [4.78, 5) is 0. The maximum atomic E-state index is 6.17. The van der Waals surface area contributed by atoms with Crippen LogP contribution < -0.4 is 10.1 Å². The van der Waals surface area contributed by atoms with E-state index in [4.69, 9.17) is 4.74 Å². The first-order chi connectivity index (χ1) is 11.2. The van der Waals surface area contributed by atoms with Crippen LogP contribution in [0.25, 0.3) is 0 Å². The number of benzene rings is 2. The Labute approximate surface area is 139 Å². The van der Waals surface area contributed by atoms with E-state index in [2.05, 4.69) is 73.8 Å². The molecule has 2 nitrogen and oxygen atoms in total. The number of fused-ring (bicyclic) bond motifs is 1. The fourth-order valence-corrected chi connectivity index (χ4v) is 3.30. The molecule has 122 valence electrons. The zero-order valence-corrected chi connectivity index (χ0v) is 14.2. The van der Waals surface area contributed by atoms with Gasteiger partial charge in [0.1, 0.15) is 11.9 Å². The second-order valence-corrected chi connectivity index (χ2v) is 6.81. The third-order valence-electron chi connectivity index (χ3n) is 4.72. The van der Waals surface area contributed by atoms with Crippen molar-refractivity contribution < 1.29 is 4.74 Å². The lowest BCUT2D eigenvalue weighted by molar-refractivity contribution is 0.113. The van der Waals surface area contributed by atoms with Gasteiger partial charge >= 0.3 is 0 Å². The van der Waals surface area contributed by atoms with Gasteiger partial charge in [-0.2, -0.15) is 0 Å². The van der Waals surface area contributed by atoms with Gasteiger partial charge in [0, 0.05) is 12.5 Å². The lowest BCUT2D eigenvalue weighted by Crippen LogP contribution is -2.34. The monoisotopic (exact) mass is 309 g/mol. The van der Waals surface area contributed by atoms with Crippen LogP contribution >= 0.6 is 0 Å². The molecular weight excluding hydrogens is 282 g/mol. The summed E-state index contributed by atoms with van der Waals surface area (Å²) in [6, 6.07) is 19.2. The summed E-state index contributed by atoms with van der Waals surface area (Å²) >= 11 is 0. The topological polar surface area (TPSA) is 21.3 Å². The summed E-state index contributed by atoms with van der Waals surface area (Å²) < 4.78 is 6.17. The van der Waals surface area contributed by atoms with Gasteiger partial charge in [0.15, 0.2) is 0 Å². The molecule has 0 radical (unpaired) electrons. The Morgan fingerprint density at radius 1 is 1.04 bits per heavy atom. The highest BCUT2D eigenvalue weighted by Crippen LogP contribution is 2.37. The smallest absolute Gasteiger partial charge is 0.123 e. The summed E-state index contributed by atoms with van der Waals surface area (Å²) in [5.74, 6) is 2.17. The third kappa shape index (κ3) is 4.14. The Balaban J connectivity index is 1.58. The van der Waals surface area contributed by atoms with Crippen LogP contribution in [0.5, 0.6) is 5.75 Å². The van der Waals surface area contributed by atoms with Gasteiger partial charge in [-0.05, 0) is 42.5 Å². The van der Waals surface area contributed by atoms with E-state index in [9.17, 15) is 0 Å². The molecule has 0 spiro atoms. The number of nitrogens with one attached hydrogen (secondary N) is 1. The van der Waals surface area contributed by atoms with Crippen LogP contribution in [0.3, 0.4) is 0 Å². The highest BCUT2D eigenvalue weighted by atomic mass is 16.5. The van der Waals surface area contributed by atoms with Gasteiger partial charge in [-0.1, -0.05) is 62.4 Å². The van der Waals surface area contributed by atoms with E-state index < -0.39 is 0 Å². The molecule has 2 aromatic rings. The molecule has 0 fully saturated rings. The molecular formula is C21H27NO.